The molecule has 2 heterocycles. The number of aromatic amines is 1. The van der Waals surface area contributed by atoms with Gasteiger partial charge in [0.25, 0.3) is 0 Å². The Bertz CT molecular complexity index is 1090. The van der Waals surface area contributed by atoms with Crippen molar-refractivity contribution in [1.82, 2.24) is 10.2 Å². The van der Waals surface area contributed by atoms with Crippen LogP contribution in [0.3, 0.4) is 0 Å². The fraction of sp³-hybridized carbons (Fsp3) is 0.200. The summed E-state index contributed by atoms with van der Waals surface area (Å²) in [6.45, 7) is 0. The molecule has 1 atom stereocenters. The Balaban J connectivity index is 1.56. The van der Waals surface area contributed by atoms with Gasteiger partial charge in [0.15, 0.2) is 5.66 Å². The van der Waals surface area contributed by atoms with E-state index >= 15 is 0 Å². The Hall–Kier alpha value is -3.26. The Labute approximate surface area is 159 Å². The molecule has 1 aromatic heterocycles. The molecule has 5 N–H and O–H groups in total. The number of nitrogens with one attached hydrogen (secondary N) is 3. The number of rotatable bonds is 3. The van der Waals surface area contributed by atoms with E-state index in [2.05, 4.69) is 25.8 Å². The van der Waals surface area contributed by atoms with E-state index in [1.165, 1.54) is 12.1 Å². The van der Waals surface area contributed by atoms with Crippen molar-refractivity contribution in [1.29, 1.82) is 0 Å². The maximum absolute atomic E-state index is 14.1. The number of aromatic nitrogens is 2. The van der Waals surface area contributed by atoms with Crippen LogP contribution >= 0.6 is 0 Å². The van der Waals surface area contributed by atoms with Gasteiger partial charge in [-0.25, -0.2) is 13.8 Å². The summed E-state index contributed by atoms with van der Waals surface area (Å²) in [6.07, 6.45) is 2.27. The number of hydrogen-bond donors (Lipinski definition) is 4. The second kappa shape index (κ2) is 6.13. The molecule has 142 valence electrons. The van der Waals surface area contributed by atoms with E-state index in [1.54, 1.807) is 0 Å². The van der Waals surface area contributed by atoms with Crippen LogP contribution in [0.4, 0.5) is 20.2 Å². The van der Waals surface area contributed by atoms with Crippen LogP contribution in [-0.4, -0.2) is 16.2 Å². The maximum atomic E-state index is 14.1. The summed E-state index contributed by atoms with van der Waals surface area (Å²) in [5.41, 5.74) is 8.70. The number of anilines is 2. The zero-order chi connectivity index (χ0) is 19.3. The highest BCUT2D eigenvalue weighted by molar-refractivity contribution is 6.06. The number of hydrogen-bond acceptors (Lipinski definition) is 5. The molecule has 1 aliphatic carbocycles. The minimum atomic E-state index is -1.25. The third-order valence-corrected chi connectivity index (χ3v) is 5.07. The monoisotopic (exact) mass is 380 g/mol. The average Bonchev–Trinajstić information content (AvgIpc) is 3.40. The molecule has 6 nitrogen and oxygen atoms in total. The van der Waals surface area contributed by atoms with E-state index in [0.717, 1.165) is 35.9 Å². The molecule has 0 amide bonds. The number of nitrogens with two attached hydrogens (primary N) is 1. The predicted molar refractivity (Wildman–Crippen MR) is 103 cm³/mol. The van der Waals surface area contributed by atoms with Crippen LogP contribution in [0.5, 0.6) is 0 Å². The van der Waals surface area contributed by atoms with Gasteiger partial charge in [-0.3, -0.25) is 10.8 Å². The van der Waals surface area contributed by atoms with Crippen molar-refractivity contribution >= 4 is 17.3 Å². The number of H-pyrrole nitrogens is 1. The molecule has 1 fully saturated rings. The maximum Gasteiger partial charge on any atom is 0.203 e. The highest BCUT2D eigenvalue weighted by Gasteiger charge is 2.39. The van der Waals surface area contributed by atoms with Gasteiger partial charge < -0.3 is 10.6 Å². The molecule has 1 aliphatic heterocycles. The summed E-state index contributed by atoms with van der Waals surface area (Å²) >= 11 is 0. The minimum absolute atomic E-state index is 0.0927. The SMILES string of the molecule is NC1(c2cc(C3CC3)[nH]n2)N=C(Nc2ccc(F)cc2F)Nc2ccccc21. The lowest BCUT2D eigenvalue weighted by Gasteiger charge is -2.32. The molecule has 0 saturated heterocycles. The highest BCUT2D eigenvalue weighted by atomic mass is 19.1. The van der Waals surface area contributed by atoms with Gasteiger partial charge in [-0.2, -0.15) is 5.10 Å². The Kier molecular flexibility index (Phi) is 3.70. The summed E-state index contributed by atoms with van der Waals surface area (Å²) < 4.78 is 27.3. The number of guanidine groups is 1. The molecule has 8 heteroatoms. The summed E-state index contributed by atoms with van der Waals surface area (Å²) in [7, 11) is 0. The zero-order valence-corrected chi connectivity index (χ0v) is 14.8. The molecule has 5 rings (SSSR count). The molecule has 28 heavy (non-hydrogen) atoms. The fourth-order valence-corrected chi connectivity index (χ4v) is 3.42. The van der Waals surface area contributed by atoms with Crippen molar-refractivity contribution in [3.63, 3.8) is 0 Å². The molecule has 2 aliphatic rings. The highest BCUT2D eigenvalue weighted by Crippen LogP contribution is 2.42. The lowest BCUT2D eigenvalue weighted by Crippen LogP contribution is -2.44. The Morgan fingerprint density at radius 1 is 1.11 bits per heavy atom. The number of aliphatic imine (C=N–C) groups is 1. The predicted octanol–water partition coefficient (Wildman–Crippen LogP) is 3.62. The standard InChI is InChI=1S/C20H18F2N6/c21-12-7-8-16(14(22)9-12)25-19-24-15-4-2-1-3-13(15)20(23,26-19)18-10-17(27-28-18)11-5-6-11/h1-4,7-11H,5-6,23H2,(H,27,28)(H2,24,25,26). The first-order valence-electron chi connectivity index (χ1n) is 9.06. The summed E-state index contributed by atoms with van der Waals surface area (Å²) in [5, 5.41) is 13.4. The molecule has 0 bridgehead atoms. The van der Waals surface area contributed by atoms with Crippen molar-refractivity contribution in [2.75, 3.05) is 10.6 Å². The van der Waals surface area contributed by atoms with Gasteiger partial charge in [-0.05, 0) is 37.1 Å². The van der Waals surface area contributed by atoms with Gasteiger partial charge >= 0.3 is 0 Å². The van der Waals surface area contributed by atoms with E-state index in [4.69, 9.17) is 5.73 Å². The normalized spacial score (nSPS) is 20.9. The summed E-state index contributed by atoms with van der Waals surface area (Å²) in [4.78, 5) is 4.61. The van der Waals surface area contributed by atoms with Crippen LogP contribution in [-0.2, 0) is 5.66 Å². The van der Waals surface area contributed by atoms with Crippen molar-refractivity contribution in [3.05, 3.63) is 77.1 Å². The lowest BCUT2D eigenvalue weighted by molar-refractivity contribution is 0.546. The van der Waals surface area contributed by atoms with Crippen LogP contribution in [0.25, 0.3) is 0 Å². The minimum Gasteiger partial charge on any atom is -0.326 e. The number of nitrogens with zero attached hydrogens (tertiary/aromatic N) is 2. The van der Waals surface area contributed by atoms with Gasteiger partial charge in [0.2, 0.25) is 5.96 Å². The molecule has 0 radical (unpaired) electrons. The second-order valence-corrected chi connectivity index (χ2v) is 7.13. The molecule has 1 unspecified atom stereocenters. The molecular formula is C20H18F2N6. The van der Waals surface area contributed by atoms with Gasteiger partial charge in [-0.1, -0.05) is 18.2 Å². The second-order valence-electron chi connectivity index (χ2n) is 7.13. The van der Waals surface area contributed by atoms with Crippen molar-refractivity contribution in [2.24, 2.45) is 10.7 Å². The van der Waals surface area contributed by atoms with E-state index in [0.29, 0.717) is 11.6 Å². The molecule has 2 aromatic carbocycles. The number of benzene rings is 2. The van der Waals surface area contributed by atoms with Crippen LogP contribution in [0.1, 0.15) is 35.7 Å². The lowest BCUT2D eigenvalue weighted by atomic mass is 9.94. The van der Waals surface area contributed by atoms with E-state index in [9.17, 15) is 8.78 Å². The van der Waals surface area contributed by atoms with E-state index in [1.807, 2.05) is 30.3 Å². The van der Waals surface area contributed by atoms with Crippen molar-refractivity contribution in [3.8, 4) is 0 Å². The topological polar surface area (TPSA) is 91.1 Å². The van der Waals surface area contributed by atoms with Crippen LogP contribution in [0.15, 0.2) is 53.5 Å². The molecule has 1 saturated carbocycles. The smallest absolute Gasteiger partial charge is 0.203 e. The van der Waals surface area contributed by atoms with Crippen LogP contribution < -0.4 is 16.4 Å². The van der Waals surface area contributed by atoms with Gasteiger partial charge in [0.05, 0.1) is 5.69 Å². The number of fused-ring (bicyclic) bond motifs is 1. The molecule has 0 spiro atoms. The quantitative estimate of drug-likeness (QED) is 0.559. The third kappa shape index (κ3) is 2.82. The van der Waals surface area contributed by atoms with Gasteiger partial charge in [-0.15, -0.1) is 0 Å². The first kappa shape index (κ1) is 16.9. The number of halogens is 2. The summed E-state index contributed by atoms with van der Waals surface area (Å²) in [5.74, 6) is -0.620. The van der Waals surface area contributed by atoms with E-state index < -0.39 is 17.3 Å². The van der Waals surface area contributed by atoms with Gasteiger partial charge in [0.1, 0.15) is 17.3 Å². The largest absolute Gasteiger partial charge is 0.326 e. The first-order chi connectivity index (χ1) is 13.5. The molecule has 3 aromatic rings. The fourth-order valence-electron chi connectivity index (χ4n) is 3.42. The first-order valence-corrected chi connectivity index (χ1v) is 9.06. The zero-order valence-electron chi connectivity index (χ0n) is 14.8. The van der Waals surface area contributed by atoms with Crippen LogP contribution in [0.2, 0.25) is 0 Å². The Morgan fingerprint density at radius 3 is 2.71 bits per heavy atom. The van der Waals surface area contributed by atoms with Crippen molar-refractivity contribution < 1.29 is 8.78 Å². The average molecular weight is 380 g/mol. The summed E-state index contributed by atoms with van der Waals surface area (Å²) in [6, 6.07) is 12.7. The number of para-hydroxylation sites is 1. The molecular weight excluding hydrogens is 362 g/mol. The van der Waals surface area contributed by atoms with E-state index in [-0.39, 0.29) is 11.6 Å². The van der Waals surface area contributed by atoms with Gasteiger partial charge in [0, 0.05) is 28.9 Å². The Morgan fingerprint density at radius 2 is 1.93 bits per heavy atom. The van der Waals surface area contributed by atoms with Crippen molar-refractivity contribution in [2.45, 2.75) is 24.4 Å². The van der Waals surface area contributed by atoms with Crippen LogP contribution in [0, 0.1) is 11.6 Å². The third-order valence-electron chi connectivity index (χ3n) is 5.07.